The summed E-state index contributed by atoms with van der Waals surface area (Å²) in [7, 11) is 0. The Kier molecular flexibility index (Phi) is 4.95. The Morgan fingerprint density at radius 1 is 1.16 bits per heavy atom. The zero-order valence-corrected chi connectivity index (χ0v) is 15.2. The van der Waals surface area contributed by atoms with Gasteiger partial charge in [0.05, 0.1) is 5.56 Å². The molecular formula is C21H19ClO3. The summed E-state index contributed by atoms with van der Waals surface area (Å²) < 4.78 is 11.6. The van der Waals surface area contributed by atoms with Gasteiger partial charge in [-0.1, -0.05) is 29.3 Å². The van der Waals surface area contributed by atoms with Gasteiger partial charge in [0.15, 0.2) is 5.76 Å². The number of ether oxygens (including phenoxy) is 2. The van der Waals surface area contributed by atoms with E-state index < -0.39 is 0 Å². The summed E-state index contributed by atoms with van der Waals surface area (Å²) in [6.45, 7) is 6.43. The van der Waals surface area contributed by atoms with E-state index in [0.717, 1.165) is 16.9 Å². The second kappa shape index (κ2) is 7.16. The lowest BCUT2D eigenvalue weighted by Crippen LogP contribution is -1.98. The smallest absolute Gasteiger partial charge is 0.231 e. The number of rotatable bonds is 4. The first kappa shape index (κ1) is 17.3. The Bertz CT molecular complexity index is 873. The molecule has 3 rings (SSSR count). The van der Waals surface area contributed by atoms with Crippen LogP contribution in [0.3, 0.4) is 0 Å². The Morgan fingerprint density at radius 3 is 2.56 bits per heavy atom. The molecular weight excluding hydrogens is 336 g/mol. The third-order valence-corrected chi connectivity index (χ3v) is 4.19. The van der Waals surface area contributed by atoms with E-state index in [4.69, 9.17) is 21.1 Å². The Labute approximate surface area is 152 Å². The molecule has 0 spiro atoms. The van der Waals surface area contributed by atoms with Crippen LogP contribution in [0.4, 0.5) is 0 Å². The van der Waals surface area contributed by atoms with E-state index in [0.29, 0.717) is 28.7 Å². The minimum absolute atomic E-state index is 0.121. The molecule has 4 heteroatoms. The van der Waals surface area contributed by atoms with Gasteiger partial charge < -0.3 is 9.47 Å². The summed E-state index contributed by atoms with van der Waals surface area (Å²) in [5, 5.41) is 0.651. The lowest BCUT2D eigenvalue weighted by molar-refractivity contribution is 0.101. The molecule has 2 aromatic rings. The van der Waals surface area contributed by atoms with E-state index in [1.807, 2.05) is 45.0 Å². The minimum atomic E-state index is -0.121. The molecule has 2 aromatic carbocycles. The van der Waals surface area contributed by atoms with Crippen molar-refractivity contribution in [2.45, 2.75) is 20.8 Å². The summed E-state index contributed by atoms with van der Waals surface area (Å²) in [5.74, 6) is 1.47. The molecule has 0 unspecified atom stereocenters. The Morgan fingerprint density at radius 2 is 1.88 bits per heavy atom. The average molecular weight is 355 g/mol. The van der Waals surface area contributed by atoms with Crippen molar-refractivity contribution >= 4 is 23.5 Å². The fourth-order valence-corrected chi connectivity index (χ4v) is 2.66. The number of fused-ring (bicyclic) bond motifs is 1. The van der Waals surface area contributed by atoms with Crippen LogP contribution in [0.15, 0.2) is 53.8 Å². The van der Waals surface area contributed by atoms with Crippen LogP contribution in [-0.2, 0) is 0 Å². The van der Waals surface area contributed by atoms with Gasteiger partial charge in [-0.2, -0.15) is 0 Å². The standard InChI is InChI=1S/C21H19ClO3/c1-13(2)10-11-24-18-9-8-17-20(23)19(25-21(17)14(18)3)12-15-4-6-16(22)7-5-15/h4-10,12H,11H2,1-3H3/b19-12-. The van der Waals surface area contributed by atoms with E-state index in [-0.39, 0.29) is 5.78 Å². The lowest BCUT2D eigenvalue weighted by Gasteiger charge is -2.10. The molecule has 0 fully saturated rings. The molecule has 0 saturated carbocycles. The fraction of sp³-hybridized carbons (Fsp3) is 0.190. The number of hydrogen-bond donors (Lipinski definition) is 0. The van der Waals surface area contributed by atoms with Crippen molar-refractivity contribution in [1.29, 1.82) is 0 Å². The maximum absolute atomic E-state index is 12.6. The molecule has 0 aromatic heterocycles. The molecule has 0 aliphatic carbocycles. The van der Waals surface area contributed by atoms with Crippen LogP contribution < -0.4 is 9.47 Å². The molecule has 1 heterocycles. The highest BCUT2D eigenvalue weighted by atomic mass is 35.5. The van der Waals surface area contributed by atoms with Gasteiger partial charge in [0.2, 0.25) is 5.78 Å². The van der Waals surface area contributed by atoms with Gasteiger partial charge in [-0.3, -0.25) is 4.79 Å². The van der Waals surface area contributed by atoms with Crippen LogP contribution in [0.5, 0.6) is 11.5 Å². The molecule has 25 heavy (non-hydrogen) atoms. The number of halogens is 1. The third kappa shape index (κ3) is 3.77. The van der Waals surface area contributed by atoms with Crippen LogP contribution in [0, 0.1) is 6.92 Å². The van der Waals surface area contributed by atoms with E-state index >= 15 is 0 Å². The summed E-state index contributed by atoms with van der Waals surface area (Å²) >= 11 is 5.89. The largest absolute Gasteiger partial charge is 0.489 e. The predicted molar refractivity (Wildman–Crippen MR) is 100 cm³/mol. The van der Waals surface area contributed by atoms with Gasteiger partial charge in [0, 0.05) is 10.6 Å². The van der Waals surface area contributed by atoms with Crippen molar-refractivity contribution in [3.05, 3.63) is 75.5 Å². The van der Waals surface area contributed by atoms with Crippen LogP contribution in [0.1, 0.15) is 35.3 Å². The molecule has 3 nitrogen and oxygen atoms in total. The van der Waals surface area contributed by atoms with E-state index in [1.54, 1.807) is 24.3 Å². The summed E-state index contributed by atoms with van der Waals surface area (Å²) in [4.78, 5) is 12.6. The normalized spacial score (nSPS) is 14.2. The molecule has 0 radical (unpaired) electrons. The first-order valence-corrected chi connectivity index (χ1v) is 8.43. The van der Waals surface area contributed by atoms with E-state index in [9.17, 15) is 4.79 Å². The van der Waals surface area contributed by atoms with Gasteiger partial charge in [-0.05, 0) is 62.8 Å². The van der Waals surface area contributed by atoms with Crippen LogP contribution >= 0.6 is 11.6 Å². The monoisotopic (exact) mass is 354 g/mol. The topological polar surface area (TPSA) is 35.5 Å². The molecule has 0 saturated heterocycles. The number of hydrogen-bond acceptors (Lipinski definition) is 3. The molecule has 0 bridgehead atoms. The predicted octanol–water partition coefficient (Wildman–Crippen LogP) is 5.61. The van der Waals surface area contributed by atoms with Crippen LogP contribution in [0.25, 0.3) is 6.08 Å². The fourth-order valence-electron chi connectivity index (χ4n) is 2.53. The van der Waals surface area contributed by atoms with Crippen molar-refractivity contribution in [3.63, 3.8) is 0 Å². The first-order chi connectivity index (χ1) is 12.0. The zero-order chi connectivity index (χ0) is 18.0. The summed E-state index contributed by atoms with van der Waals surface area (Å²) in [5.41, 5.74) is 3.44. The number of Topliss-reactive ketones (excluding diaryl/α,β-unsaturated/α-hetero) is 1. The zero-order valence-electron chi connectivity index (χ0n) is 14.4. The molecule has 1 aliphatic rings. The van der Waals surface area contributed by atoms with Crippen molar-refractivity contribution < 1.29 is 14.3 Å². The summed E-state index contributed by atoms with van der Waals surface area (Å²) in [6, 6.07) is 10.8. The van der Waals surface area contributed by atoms with Crippen molar-refractivity contribution in [3.8, 4) is 11.5 Å². The van der Waals surface area contributed by atoms with Crippen LogP contribution in [0.2, 0.25) is 5.02 Å². The maximum Gasteiger partial charge on any atom is 0.231 e. The summed E-state index contributed by atoms with van der Waals surface area (Å²) in [6.07, 6.45) is 3.73. The van der Waals surface area contributed by atoms with Crippen LogP contribution in [-0.4, -0.2) is 12.4 Å². The SMILES string of the molecule is CC(C)=CCOc1ccc2c(c1C)O/C(=C\c1ccc(Cl)cc1)C2=O. The number of benzene rings is 2. The second-order valence-electron chi connectivity index (χ2n) is 6.15. The third-order valence-electron chi connectivity index (χ3n) is 3.93. The van der Waals surface area contributed by atoms with Crippen molar-refractivity contribution in [2.75, 3.05) is 6.61 Å². The van der Waals surface area contributed by atoms with Gasteiger partial charge >= 0.3 is 0 Å². The van der Waals surface area contributed by atoms with Crippen molar-refractivity contribution in [2.24, 2.45) is 0 Å². The molecule has 0 N–H and O–H groups in total. The minimum Gasteiger partial charge on any atom is -0.489 e. The first-order valence-electron chi connectivity index (χ1n) is 8.05. The van der Waals surface area contributed by atoms with Gasteiger partial charge in [0.1, 0.15) is 18.1 Å². The quantitative estimate of drug-likeness (QED) is 0.528. The van der Waals surface area contributed by atoms with Gasteiger partial charge in [0.25, 0.3) is 0 Å². The van der Waals surface area contributed by atoms with Gasteiger partial charge in [-0.15, -0.1) is 0 Å². The molecule has 0 amide bonds. The number of carbonyl (C=O) groups excluding carboxylic acids is 1. The van der Waals surface area contributed by atoms with Gasteiger partial charge in [-0.25, -0.2) is 0 Å². The number of allylic oxidation sites excluding steroid dienone is 2. The van der Waals surface area contributed by atoms with Crippen molar-refractivity contribution in [1.82, 2.24) is 0 Å². The highest BCUT2D eigenvalue weighted by Crippen LogP contribution is 2.39. The average Bonchev–Trinajstić information content (AvgIpc) is 2.89. The highest BCUT2D eigenvalue weighted by Gasteiger charge is 2.30. The second-order valence-corrected chi connectivity index (χ2v) is 6.59. The maximum atomic E-state index is 12.6. The number of ketones is 1. The molecule has 128 valence electrons. The Balaban J connectivity index is 1.86. The lowest BCUT2D eigenvalue weighted by atomic mass is 10.1. The van der Waals surface area contributed by atoms with E-state index in [1.165, 1.54) is 5.57 Å². The molecule has 1 aliphatic heterocycles. The highest BCUT2D eigenvalue weighted by molar-refractivity contribution is 6.30. The number of carbonyl (C=O) groups is 1. The van der Waals surface area contributed by atoms with E-state index in [2.05, 4.69) is 0 Å². The Hall–Kier alpha value is -2.52. The molecule has 0 atom stereocenters.